The molecule has 1 saturated carbocycles. The molecule has 1 aliphatic carbocycles. The molecule has 168 valence electrons. The van der Waals surface area contributed by atoms with Gasteiger partial charge in [-0.25, -0.2) is 8.42 Å². The summed E-state index contributed by atoms with van der Waals surface area (Å²) in [5.41, 5.74) is 0.806. The zero-order chi connectivity index (χ0) is 22.3. The maximum atomic E-state index is 13.7. The Kier molecular flexibility index (Phi) is 5.45. The van der Waals surface area contributed by atoms with E-state index in [9.17, 15) is 13.2 Å². The summed E-state index contributed by atoms with van der Waals surface area (Å²) in [6.45, 7) is 1.03. The van der Waals surface area contributed by atoms with Crippen molar-refractivity contribution in [2.45, 2.75) is 54.1 Å². The summed E-state index contributed by atoms with van der Waals surface area (Å²) in [6.07, 6.45) is 5.63. The third-order valence-corrected chi connectivity index (χ3v) is 9.68. The van der Waals surface area contributed by atoms with E-state index in [2.05, 4.69) is 10.2 Å². The number of hydrogen-bond acceptors (Lipinski definition) is 5. The molecule has 5 rings (SSSR count). The standard InChI is InChI=1S/C23H25ClN4O3S/c24-18-6-8-19(9-7-18)32(30,31)23(12-2-3-13-23)22(29)27-15-10-17(11-16-27)21-26-25-20-5-1-4-14-28(20)21/h1,4-9,14,17H,2-3,10-13,15-16H2. The first-order chi connectivity index (χ1) is 15.4. The number of fused-ring (bicyclic) bond motifs is 1. The number of rotatable bonds is 4. The molecule has 3 aromatic rings. The monoisotopic (exact) mass is 472 g/mol. The van der Waals surface area contributed by atoms with E-state index in [1.54, 1.807) is 17.0 Å². The van der Waals surface area contributed by atoms with E-state index in [4.69, 9.17) is 11.6 Å². The molecule has 0 spiro atoms. The van der Waals surface area contributed by atoms with Gasteiger partial charge in [0.25, 0.3) is 0 Å². The molecular formula is C23H25ClN4O3S. The van der Waals surface area contributed by atoms with Gasteiger partial charge in [-0.1, -0.05) is 30.5 Å². The molecular weight excluding hydrogens is 448 g/mol. The average Bonchev–Trinajstić information content (AvgIpc) is 3.48. The molecule has 2 fully saturated rings. The van der Waals surface area contributed by atoms with E-state index >= 15 is 0 Å². The number of likely N-dealkylation sites (tertiary alicyclic amines) is 1. The SMILES string of the molecule is O=C(N1CCC(c2nnc3ccccn23)CC1)C1(S(=O)(=O)c2ccc(Cl)cc2)CCCC1. The lowest BCUT2D eigenvalue weighted by Gasteiger charge is -2.37. The van der Waals surface area contributed by atoms with E-state index < -0.39 is 14.6 Å². The number of piperidine rings is 1. The smallest absolute Gasteiger partial charge is 0.244 e. The first kappa shape index (κ1) is 21.4. The summed E-state index contributed by atoms with van der Waals surface area (Å²) in [4.78, 5) is 15.6. The van der Waals surface area contributed by atoms with Gasteiger partial charge in [0.15, 0.2) is 20.2 Å². The summed E-state index contributed by atoms with van der Waals surface area (Å²) < 4.78 is 27.9. The molecule has 1 saturated heterocycles. The van der Waals surface area contributed by atoms with Crippen molar-refractivity contribution >= 4 is 33.0 Å². The van der Waals surface area contributed by atoms with Crippen LogP contribution in [0.2, 0.25) is 5.02 Å². The lowest BCUT2D eigenvalue weighted by atomic mass is 9.94. The average molecular weight is 473 g/mol. The molecule has 1 amide bonds. The van der Waals surface area contributed by atoms with Crippen LogP contribution in [0.4, 0.5) is 0 Å². The van der Waals surface area contributed by atoms with Crippen molar-refractivity contribution in [2.24, 2.45) is 0 Å². The van der Waals surface area contributed by atoms with Crippen LogP contribution in [0, 0.1) is 0 Å². The third kappa shape index (κ3) is 3.40. The number of sulfone groups is 1. The molecule has 2 aromatic heterocycles. The van der Waals surface area contributed by atoms with Gasteiger partial charge in [0.1, 0.15) is 5.82 Å². The van der Waals surface area contributed by atoms with Crippen molar-refractivity contribution in [3.8, 4) is 0 Å². The maximum Gasteiger partial charge on any atom is 0.244 e. The summed E-state index contributed by atoms with van der Waals surface area (Å²) >= 11 is 5.95. The van der Waals surface area contributed by atoms with Crippen molar-refractivity contribution in [2.75, 3.05) is 13.1 Å². The highest BCUT2D eigenvalue weighted by molar-refractivity contribution is 7.93. The first-order valence-electron chi connectivity index (χ1n) is 11.0. The number of amides is 1. The molecule has 0 bridgehead atoms. The van der Waals surface area contributed by atoms with Crippen LogP contribution in [0.1, 0.15) is 50.3 Å². The van der Waals surface area contributed by atoms with Crippen molar-refractivity contribution in [3.63, 3.8) is 0 Å². The van der Waals surface area contributed by atoms with Crippen molar-refractivity contribution in [3.05, 3.63) is 59.5 Å². The van der Waals surface area contributed by atoms with Gasteiger partial charge in [0, 0.05) is 30.2 Å². The zero-order valence-corrected chi connectivity index (χ0v) is 19.2. The Balaban J connectivity index is 1.37. The van der Waals surface area contributed by atoms with Gasteiger partial charge in [-0.2, -0.15) is 0 Å². The molecule has 32 heavy (non-hydrogen) atoms. The van der Waals surface area contributed by atoms with E-state index in [1.807, 2.05) is 28.8 Å². The lowest BCUT2D eigenvalue weighted by molar-refractivity contribution is -0.135. The Hall–Kier alpha value is -2.45. The van der Waals surface area contributed by atoms with E-state index in [0.29, 0.717) is 31.0 Å². The summed E-state index contributed by atoms with van der Waals surface area (Å²) in [6, 6.07) is 11.9. The molecule has 0 radical (unpaired) electrons. The number of carbonyl (C=O) groups excluding carboxylic acids is 1. The predicted molar refractivity (Wildman–Crippen MR) is 121 cm³/mol. The van der Waals surface area contributed by atoms with Gasteiger partial charge < -0.3 is 4.90 Å². The molecule has 3 heterocycles. The van der Waals surface area contributed by atoms with E-state index in [-0.39, 0.29) is 16.7 Å². The molecule has 0 N–H and O–H groups in total. The van der Waals surface area contributed by atoms with Crippen molar-refractivity contribution < 1.29 is 13.2 Å². The van der Waals surface area contributed by atoms with Crippen molar-refractivity contribution in [1.29, 1.82) is 0 Å². The van der Waals surface area contributed by atoms with Gasteiger partial charge in [-0.3, -0.25) is 9.20 Å². The second kappa shape index (κ2) is 8.15. The molecule has 1 aliphatic heterocycles. The second-order valence-electron chi connectivity index (χ2n) is 8.71. The number of hydrogen-bond donors (Lipinski definition) is 0. The molecule has 2 aliphatic rings. The van der Waals surface area contributed by atoms with Crippen LogP contribution >= 0.6 is 11.6 Å². The third-order valence-electron chi connectivity index (χ3n) is 6.93. The summed E-state index contributed by atoms with van der Waals surface area (Å²) in [5.74, 6) is 0.829. The predicted octanol–water partition coefficient (Wildman–Crippen LogP) is 3.88. The normalized spacial score (nSPS) is 19.5. The van der Waals surface area contributed by atoms with Gasteiger partial charge in [-0.05, 0) is 62.1 Å². The van der Waals surface area contributed by atoms with Gasteiger partial charge in [-0.15, -0.1) is 10.2 Å². The number of benzene rings is 1. The highest BCUT2D eigenvalue weighted by Gasteiger charge is 2.54. The molecule has 9 heteroatoms. The van der Waals surface area contributed by atoms with Crippen LogP contribution in [0.25, 0.3) is 5.65 Å². The summed E-state index contributed by atoms with van der Waals surface area (Å²) in [5, 5.41) is 9.08. The Morgan fingerprint density at radius 2 is 1.69 bits per heavy atom. The molecule has 0 atom stereocenters. The second-order valence-corrected chi connectivity index (χ2v) is 11.4. The quantitative estimate of drug-likeness (QED) is 0.575. The Morgan fingerprint density at radius 1 is 1.00 bits per heavy atom. The van der Waals surface area contributed by atoms with Gasteiger partial charge in [0.2, 0.25) is 5.91 Å². The van der Waals surface area contributed by atoms with Crippen LogP contribution in [0.15, 0.2) is 53.6 Å². The molecule has 7 nitrogen and oxygen atoms in total. The molecule has 0 unspecified atom stereocenters. The highest BCUT2D eigenvalue weighted by Crippen LogP contribution is 2.43. The van der Waals surface area contributed by atoms with Crippen LogP contribution in [0.5, 0.6) is 0 Å². The summed E-state index contributed by atoms with van der Waals surface area (Å²) in [7, 11) is -3.83. The van der Waals surface area contributed by atoms with E-state index in [1.165, 1.54) is 12.1 Å². The maximum absolute atomic E-state index is 13.7. The molecule has 1 aromatic carbocycles. The fraction of sp³-hybridized carbons (Fsp3) is 0.435. The van der Waals surface area contributed by atoms with Crippen LogP contribution in [-0.2, 0) is 14.6 Å². The number of aromatic nitrogens is 3. The van der Waals surface area contributed by atoms with Gasteiger partial charge >= 0.3 is 0 Å². The lowest BCUT2D eigenvalue weighted by Crippen LogP contribution is -2.54. The minimum Gasteiger partial charge on any atom is -0.341 e. The van der Waals surface area contributed by atoms with Gasteiger partial charge in [0.05, 0.1) is 4.90 Å². The van der Waals surface area contributed by atoms with Crippen LogP contribution in [-0.4, -0.2) is 51.7 Å². The van der Waals surface area contributed by atoms with Crippen LogP contribution < -0.4 is 0 Å². The number of carbonyl (C=O) groups is 1. The fourth-order valence-electron chi connectivity index (χ4n) is 5.15. The minimum absolute atomic E-state index is 0.168. The first-order valence-corrected chi connectivity index (χ1v) is 12.9. The zero-order valence-electron chi connectivity index (χ0n) is 17.7. The van der Waals surface area contributed by atoms with Crippen molar-refractivity contribution in [1.82, 2.24) is 19.5 Å². The Bertz CT molecular complexity index is 1240. The highest BCUT2D eigenvalue weighted by atomic mass is 35.5. The number of halogens is 1. The minimum atomic E-state index is -3.83. The Labute approximate surface area is 192 Å². The largest absolute Gasteiger partial charge is 0.341 e. The van der Waals surface area contributed by atoms with Crippen LogP contribution in [0.3, 0.4) is 0 Å². The fourth-order valence-corrected chi connectivity index (χ4v) is 7.41. The number of pyridine rings is 1. The Morgan fingerprint density at radius 3 is 2.38 bits per heavy atom. The topological polar surface area (TPSA) is 84.6 Å². The van der Waals surface area contributed by atoms with E-state index in [0.717, 1.165) is 37.2 Å². The number of nitrogens with zero attached hydrogens (tertiary/aromatic N) is 4.